The lowest BCUT2D eigenvalue weighted by Crippen LogP contribution is -2.36. The summed E-state index contributed by atoms with van der Waals surface area (Å²) in [7, 11) is 0. The van der Waals surface area contributed by atoms with Gasteiger partial charge in [0.15, 0.2) is 0 Å². The van der Waals surface area contributed by atoms with Gasteiger partial charge in [-0.2, -0.15) is 13.2 Å². The molecule has 22 heavy (non-hydrogen) atoms. The van der Waals surface area contributed by atoms with Crippen LogP contribution in [0.5, 0.6) is 0 Å². The fourth-order valence-corrected chi connectivity index (χ4v) is 3.12. The molecule has 3 unspecified atom stereocenters. The summed E-state index contributed by atoms with van der Waals surface area (Å²) >= 11 is 0. The van der Waals surface area contributed by atoms with Crippen molar-refractivity contribution in [1.82, 2.24) is 10.2 Å². The second-order valence-electron chi connectivity index (χ2n) is 6.02. The molecule has 0 aromatic carbocycles. The molecule has 9 heteroatoms. The Morgan fingerprint density at radius 1 is 1.23 bits per heavy atom. The number of hydrogen-bond acceptors (Lipinski definition) is 3. The van der Waals surface area contributed by atoms with Crippen molar-refractivity contribution in [2.75, 3.05) is 26.2 Å². The minimum atomic E-state index is -4.14. The second-order valence-corrected chi connectivity index (χ2v) is 6.02. The zero-order valence-electron chi connectivity index (χ0n) is 12.3. The Morgan fingerprint density at radius 3 is 2.45 bits per heavy atom. The molecule has 1 saturated heterocycles. The van der Waals surface area contributed by atoms with Gasteiger partial charge in [-0.3, -0.25) is 9.69 Å². The number of likely N-dealkylation sites (tertiary alicyclic amines) is 1. The van der Waals surface area contributed by atoms with Crippen LogP contribution in [0.2, 0.25) is 0 Å². The Kier molecular flexibility index (Phi) is 9.05. The van der Waals surface area contributed by atoms with Gasteiger partial charge in [-0.15, -0.1) is 24.8 Å². The van der Waals surface area contributed by atoms with Crippen molar-refractivity contribution in [3.63, 3.8) is 0 Å². The summed E-state index contributed by atoms with van der Waals surface area (Å²) in [6, 6.07) is 0.111. The third-order valence-corrected chi connectivity index (χ3v) is 4.18. The number of rotatable bonds is 4. The molecule has 2 rings (SSSR count). The summed E-state index contributed by atoms with van der Waals surface area (Å²) in [5.74, 6) is 0.112. The lowest BCUT2D eigenvalue weighted by Gasteiger charge is -2.18. The standard InChI is InChI=1S/C13H22F3N3O.2ClH/c14-13(15,16)8-19-4-3-9(7-19)6-18-12(20)10-1-2-11(17)5-10;;/h9-11H,1-8,17H2,(H,18,20);2*1H. The van der Waals surface area contributed by atoms with Crippen LogP contribution in [-0.2, 0) is 4.79 Å². The van der Waals surface area contributed by atoms with E-state index < -0.39 is 12.7 Å². The maximum Gasteiger partial charge on any atom is 0.401 e. The van der Waals surface area contributed by atoms with Crippen LogP contribution >= 0.6 is 24.8 Å². The maximum atomic E-state index is 12.3. The molecular weight excluding hydrogens is 342 g/mol. The van der Waals surface area contributed by atoms with E-state index in [0.717, 1.165) is 19.3 Å². The van der Waals surface area contributed by atoms with E-state index in [1.54, 1.807) is 0 Å². The quantitative estimate of drug-likeness (QED) is 0.800. The van der Waals surface area contributed by atoms with Crippen molar-refractivity contribution in [2.45, 2.75) is 37.9 Å². The van der Waals surface area contributed by atoms with E-state index in [1.165, 1.54) is 4.90 Å². The van der Waals surface area contributed by atoms with E-state index in [4.69, 9.17) is 5.73 Å². The number of nitrogens with zero attached hydrogens (tertiary/aromatic N) is 1. The van der Waals surface area contributed by atoms with Crippen LogP contribution in [0.1, 0.15) is 25.7 Å². The van der Waals surface area contributed by atoms with Crippen LogP contribution < -0.4 is 11.1 Å². The highest BCUT2D eigenvalue weighted by atomic mass is 35.5. The summed E-state index contributed by atoms with van der Waals surface area (Å²) in [5, 5.41) is 2.87. The average molecular weight is 366 g/mol. The molecule has 1 saturated carbocycles. The highest BCUT2D eigenvalue weighted by Gasteiger charge is 2.34. The van der Waals surface area contributed by atoms with Crippen molar-refractivity contribution in [3.05, 3.63) is 0 Å². The molecule has 0 radical (unpaired) electrons. The lowest BCUT2D eigenvalue weighted by molar-refractivity contribution is -0.143. The first-order valence-corrected chi connectivity index (χ1v) is 7.16. The summed E-state index contributed by atoms with van der Waals surface area (Å²) in [5.41, 5.74) is 5.76. The molecule has 1 amide bonds. The molecule has 1 heterocycles. The molecule has 3 atom stereocenters. The van der Waals surface area contributed by atoms with Crippen LogP contribution in [0.25, 0.3) is 0 Å². The van der Waals surface area contributed by atoms with Gasteiger partial charge < -0.3 is 11.1 Å². The van der Waals surface area contributed by atoms with Gasteiger partial charge in [0.2, 0.25) is 5.91 Å². The normalized spacial score (nSPS) is 28.8. The average Bonchev–Trinajstić information content (AvgIpc) is 2.93. The van der Waals surface area contributed by atoms with Crippen molar-refractivity contribution >= 4 is 30.7 Å². The Bertz CT molecular complexity index is 358. The predicted molar refractivity (Wildman–Crippen MR) is 83.4 cm³/mol. The predicted octanol–water partition coefficient (Wildman–Crippen LogP) is 1.96. The Morgan fingerprint density at radius 2 is 1.91 bits per heavy atom. The van der Waals surface area contributed by atoms with E-state index in [2.05, 4.69) is 5.32 Å². The first kappa shape index (κ1) is 21.8. The molecule has 3 N–H and O–H groups in total. The van der Waals surface area contributed by atoms with Gasteiger partial charge in [0.1, 0.15) is 0 Å². The van der Waals surface area contributed by atoms with E-state index in [-0.39, 0.29) is 48.6 Å². The van der Waals surface area contributed by atoms with Crippen LogP contribution in [0.4, 0.5) is 13.2 Å². The number of alkyl halides is 3. The molecule has 0 aromatic heterocycles. The summed E-state index contributed by atoms with van der Waals surface area (Å²) in [6.45, 7) is 0.478. The molecule has 1 aliphatic carbocycles. The molecule has 1 aliphatic heterocycles. The highest BCUT2D eigenvalue weighted by Crippen LogP contribution is 2.25. The number of carbonyl (C=O) groups is 1. The number of nitrogens with one attached hydrogen (secondary N) is 1. The minimum Gasteiger partial charge on any atom is -0.356 e. The van der Waals surface area contributed by atoms with E-state index in [0.29, 0.717) is 26.1 Å². The van der Waals surface area contributed by atoms with E-state index in [1.807, 2.05) is 0 Å². The largest absolute Gasteiger partial charge is 0.401 e. The Labute approximate surface area is 141 Å². The lowest BCUT2D eigenvalue weighted by atomic mass is 10.1. The number of carbonyl (C=O) groups excluding carboxylic acids is 1. The van der Waals surface area contributed by atoms with Crippen LogP contribution in [0.3, 0.4) is 0 Å². The first-order valence-electron chi connectivity index (χ1n) is 7.16. The van der Waals surface area contributed by atoms with Crippen LogP contribution in [-0.4, -0.2) is 49.2 Å². The molecule has 2 aliphatic rings. The van der Waals surface area contributed by atoms with E-state index >= 15 is 0 Å². The van der Waals surface area contributed by atoms with Crippen molar-refractivity contribution < 1.29 is 18.0 Å². The Balaban J connectivity index is 0.00000220. The molecular formula is C13H24Cl2F3N3O. The van der Waals surface area contributed by atoms with Crippen molar-refractivity contribution in [3.8, 4) is 0 Å². The monoisotopic (exact) mass is 365 g/mol. The second kappa shape index (κ2) is 9.15. The van der Waals surface area contributed by atoms with Gasteiger partial charge in [-0.25, -0.2) is 0 Å². The fourth-order valence-electron chi connectivity index (χ4n) is 3.12. The SMILES string of the molecule is Cl.Cl.NC1CCC(C(=O)NCC2CCN(CC(F)(F)F)C2)C1. The van der Waals surface area contributed by atoms with Gasteiger partial charge in [-0.05, 0) is 38.1 Å². The zero-order chi connectivity index (χ0) is 14.8. The molecule has 0 spiro atoms. The van der Waals surface area contributed by atoms with Gasteiger partial charge in [-0.1, -0.05) is 0 Å². The number of nitrogens with two attached hydrogens (primary N) is 1. The highest BCUT2D eigenvalue weighted by molar-refractivity contribution is 5.85. The van der Waals surface area contributed by atoms with Gasteiger partial charge in [0.25, 0.3) is 0 Å². The minimum absolute atomic E-state index is 0. The topological polar surface area (TPSA) is 58.4 Å². The summed E-state index contributed by atoms with van der Waals surface area (Å²) in [6.07, 6.45) is -1.02. The van der Waals surface area contributed by atoms with E-state index in [9.17, 15) is 18.0 Å². The summed E-state index contributed by atoms with van der Waals surface area (Å²) in [4.78, 5) is 13.3. The number of halogens is 5. The molecule has 0 bridgehead atoms. The van der Waals surface area contributed by atoms with Gasteiger partial charge in [0.05, 0.1) is 6.54 Å². The third kappa shape index (κ3) is 6.89. The third-order valence-electron chi connectivity index (χ3n) is 4.18. The van der Waals surface area contributed by atoms with Crippen molar-refractivity contribution in [2.24, 2.45) is 17.6 Å². The smallest absolute Gasteiger partial charge is 0.356 e. The van der Waals surface area contributed by atoms with Gasteiger partial charge >= 0.3 is 6.18 Å². The maximum absolute atomic E-state index is 12.3. The van der Waals surface area contributed by atoms with Crippen LogP contribution in [0, 0.1) is 11.8 Å². The van der Waals surface area contributed by atoms with Crippen LogP contribution in [0.15, 0.2) is 0 Å². The zero-order valence-corrected chi connectivity index (χ0v) is 13.9. The first-order chi connectivity index (χ1) is 9.33. The summed E-state index contributed by atoms with van der Waals surface area (Å²) < 4.78 is 36.8. The fraction of sp³-hybridized carbons (Fsp3) is 0.923. The Hall–Kier alpha value is -0.240. The molecule has 2 fully saturated rings. The molecule has 4 nitrogen and oxygen atoms in total. The number of hydrogen-bond donors (Lipinski definition) is 2. The number of amides is 1. The van der Waals surface area contributed by atoms with Gasteiger partial charge in [0, 0.05) is 25.0 Å². The van der Waals surface area contributed by atoms with Crippen molar-refractivity contribution in [1.29, 1.82) is 0 Å². The molecule has 0 aromatic rings. The molecule has 132 valence electrons.